The maximum Gasteiger partial charge on any atom is 0.0462 e. The molecule has 12 rings (SSSR count). The number of nitrogens with zero attached hydrogens (tertiary/aromatic N) is 4. The van der Waals surface area contributed by atoms with Crippen molar-refractivity contribution in [3.8, 4) is 33.4 Å². The van der Waals surface area contributed by atoms with E-state index < -0.39 is 0 Å². The quantitative estimate of drug-likeness (QED) is 0.101. The molecule has 0 aliphatic carbocycles. The van der Waals surface area contributed by atoms with Crippen LogP contribution in [0.25, 0.3) is 33.4 Å². The summed E-state index contributed by atoms with van der Waals surface area (Å²) in [7, 11) is 0. The largest absolute Gasteiger partial charge is 0.311 e. The lowest BCUT2D eigenvalue weighted by Crippen LogP contribution is -2.10. The number of anilines is 12. The molecule has 0 bridgehead atoms. The van der Waals surface area contributed by atoms with Gasteiger partial charge in [0, 0.05) is 68.2 Å². The van der Waals surface area contributed by atoms with Gasteiger partial charge < -0.3 is 19.6 Å². The second-order valence-electron chi connectivity index (χ2n) is 21.6. The molecule has 0 saturated carbocycles. The van der Waals surface area contributed by atoms with Crippen LogP contribution in [0.4, 0.5) is 68.2 Å². The van der Waals surface area contributed by atoms with Crippen LogP contribution in [0.5, 0.6) is 0 Å². The van der Waals surface area contributed by atoms with Crippen LogP contribution in [0.15, 0.2) is 291 Å². The monoisotopic (exact) mass is 1060 g/mol. The number of rotatable bonds is 15. The van der Waals surface area contributed by atoms with E-state index in [4.69, 9.17) is 0 Å². The van der Waals surface area contributed by atoms with Crippen molar-refractivity contribution in [3.63, 3.8) is 0 Å². The van der Waals surface area contributed by atoms with E-state index in [0.717, 1.165) is 102 Å². The molecule has 0 aliphatic rings. The molecule has 0 heterocycles. The zero-order chi connectivity index (χ0) is 56.1. The normalized spacial score (nSPS) is 11.0. The molecular weight excluding hydrogens is 993 g/mol. The lowest BCUT2D eigenvalue weighted by molar-refractivity contribution is 1.27. The Labute approximate surface area is 484 Å². The molecule has 0 aliphatic heterocycles. The molecule has 0 amide bonds. The van der Waals surface area contributed by atoms with Crippen molar-refractivity contribution in [2.75, 3.05) is 19.6 Å². The standard InChI is InChI=1S/C78H66N4/c1-55-7-31-67(32-8-55)79(68-33-9-56(2)10-34-68)73-43-19-61(20-44-73)64-25-49-76(50-26-64)82(77-51-27-65(28-52-77)62-21-45-74(46-22-62)80(69-35-11-57(3)12-36-69)70-37-13-58(4)14-38-70)78-53-29-66(30-54-78)63-23-47-75(48-24-63)81(71-39-15-59(5)16-40-71)72-41-17-60(6)18-42-72/h7-54H,1-6H3. The third-order valence-electron chi connectivity index (χ3n) is 15.5. The zero-order valence-corrected chi connectivity index (χ0v) is 47.5. The van der Waals surface area contributed by atoms with Crippen LogP contribution in [0, 0.1) is 41.5 Å². The van der Waals surface area contributed by atoms with Crippen molar-refractivity contribution in [2.24, 2.45) is 0 Å². The lowest BCUT2D eigenvalue weighted by Gasteiger charge is -2.27. The molecule has 0 saturated heterocycles. The Morgan fingerprint density at radius 3 is 0.305 bits per heavy atom. The molecule has 0 N–H and O–H groups in total. The van der Waals surface area contributed by atoms with Gasteiger partial charge in [-0.3, -0.25) is 0 Å². The van der Waals surface area contributed by atoms with Gasteiger partial charge in [-0.25, -0.2) is 0 Å². The van der Waals surface area contributed by atoms with Crippen LogP contribution in [0.1, 0.15) is 33.4 Å². The maximum atomic E-state index is 2.36. The van der Waals surface area contributed by atoms with E-state index in [1.54, 1.807) is 0 Å². The van der Waals surface area contributed by atoms with Gasteiger partial charge >= 0.3 is 0 Å². The van der Waals surface area contributed by atoms with Gasteiger partial charge in [0.1, 0.15) is 0 Å². The smallest absolute Gasteiger partial charge is 0.0462 e. The van der Waals surface area contributed by atoms with Gasteiger partial charge in [-0.1, -0.05) is 179 Å². The Kier molecular flexibility index (Phi) is 14.9. The highest BCUT2D eigenvalue weighted by molar-refractivity contribution is 5.85. The van der Waals surface area contributed by atoms with E-state index in [1.807, 2.05) is 0 Å². The van der Waals surface area contributed by atoms with Gasteiger partial charge in [-0.15, -0.1) is 0 Å². The Balaban J connectivity index is 0.853. The summed E-state index contributed by atoms with van der Waals surface area (Å²) in [6.45, 7) is 12.8. The molecule has 4 nitrogen and oxygen atoms in total. The summed E-state index contributed by atoms with van der Waals surface area (Å²) in [5, 5.41) is 0. The summed E-state index contributed by atoms with van der Waals surface area (Å²) in [5.74, 6) is 0. The first-order valence-corrected chi connectivity index (χ1v) is 28.3. The second kappa shape index (κ2) is 23.3. The minimum Gasteiger partial charge on any atom is -0.311 e. The SMILES string of the molecule is Cc1ccc(N(c2ccc(C)cc2)c2ccc(-c3ccc(N(c4ccc(-c5ccc(N(c6ccc(C)cc6)c6ccc(C)cc6)cc5)cc4)c4ccc(-c5ccc(N(c6ccc(C)cc6)c6ccc(C)cc6)cc5)cc4)cc3)cc2)cc1. The molecule has 82 heavy (non-hydrogen) atoms. The molecule has 0 atom stereocenters. The Morgan fingerprint density at radius 1 is 0.122 bits per heavy atom. The first-order valence-electron chi connectivity index (χ1n) is 28.3. The molecule has 0 fully saturated rings. The van der Waals surface area contributed by atoms with E-state index in [2.05, 4.69) is 352 Å². The van der Waals surface area contributed by atoms with Crippen molar-refractivity contribution in [2.45, 2.75) is 41.5 Å². The number of hydrogen-bond acceptors (Lipinski definition) is 4. The fourth-order valence-corrected chi connectivity index (χ4v) is 10.8. The third kappa shape index (κ3) is 11.5. The van der Waals surface area contributed by atoms with E-state index in [1.165, 1.54) is 33.4 Å². The fourth-order valence-electron chi connectivity index (χ4n) is 10.8. The van der Waals surface area contributed by atoms with Crippen molar-refractivity contribution in [1.29, 1.82) is 0 Å². The van der Waals surface area contributed by atoms with Crippen LogP contribution in [-0.2, 0) is 0 Å². The van der Waals surface area contributed by atoms with Gasteiger partial charge in [-0.05, 0) is 221 Å². The van der Waals surface area contributed by atoms with Gasteiger partial charge in [-0.2, -0.15) is 0 Å². The van der Waals surface area contributed by atoms with Gasteiger partial charge in [0.25, 0.3) is 0 Å². The third-order valence-corrected chi connectivity index (χ3v) is 15.5. The average molecular weight is 1060 g/mol. The van der Waals surface area contributed by atoms with Gasteiger partial charge in [0.15, 0.2) is 0 Å². The summed E-state index contributed by atoms with van der Waals surface area (Å²) in [6.07, 6.45) is 0. The number of benzene rings is 12. The van der Waals surface area contributed by atoms with Crippen LogP contribution in [0.3, 0.4) is 0 Å². The summed E-state index contributed by atoms with van der Waals surface area (Å²) in [6, 6.07) is 106. The first kappa shape index (κ1) is 52.5. The maximum absolute atomic E-state index is 2.36. The molecular formula is C78H66N4. The molecule has 0 aromatic heterocycles. The van der Waals surface area contributed by atoms with E-state index in [0.29, 0.717) is 0 Å². The highest BCUT2D eigenvalue weighted by Gasteiger charge is 2.18. The molecule has 0 radical (unpaired) electrons. The van der Waals surface area contributed by atoms with Crippen molar-refractivity contribution in [3.05, 3.63) is 325 Å². The zero-order valence-electron chi connectivity index (χ0n) is 47.5. The molecule has 398 valence electrons. The summed E-state index contributed by atoms with van der Waals surface area (Å²) in [5.41, 5.74) is 27.6. The topological polar surface area (TPSA) is 13.0 Å². The molecule has 0 unspecified atom stereocenters. The predicted molar refractivity (Wildman–Crippen MR) is 350 cm³/mol. The van der Waals surface area contributed by atoms with E-state index >= 15 is 0 Å². The number of aryl methyl sites for hydroxylation is 6. The van der Waals surface area contributed by atoms with Crippen molar-refractivity contribution < 1.29 is 0 Å². The van der Waals surface area contributed by atoms with Crippen LogP contribution in [-0.4, -0.2) is 0 Å². The Morgan fingerprint density at radius 2 is 0.207 bits per heavy atom. The minimum atomic E-state index is 1.07. The van der Waals surface area contributed by atoms with Crippen LogP contribution >= 0.6 is 0 Å². The minimum absolute atomic E-state index is 1.07. The highest BCUT2D eigenvalue weighted by Crippen LogP contribution is 2.42. The summed E-state index contributed by atoms with van der Waals surface area (Å²) in [4.78, 5) is 9.33. The van der Waals surface area contributed by atoms with Crippen LogP contribution in [0.2, 0.25) is 0 Å². The van der Waals surface area contributed by atoms with Crippen molar-refractivity contribution >= 4 is 68.2 Å². The molecule has 4 heteroatoms. The predicted octanol–water partition coefficient (Wildman–Crippen LogP) is 22.4. The lowest BCUT2D eigenvalue weighted by atomic mass is 10.0. The average Bonchev–Trinajstić information content (AvgIpc) is 3.64. The van der Waals surface area contributed by atoms with Crippen molar-refractivity contribution in [1.82, 2.24) is 0 Å². The van der Waals surface area contributed by atoms with Crippen LogP contribution < -0.4 is 19.6 Å². The molecule has 12 aromatic carbocycles. The number of hydrogen-bond donors (Lipinski definition) is 0. The van der Waals surface area contributed by atoms with Gasteiger partial charge in [0.05, 0.1) is 0 Å². The summed E-state index contributed by atoms with van der Waals surface area (Å²) >= 11 is 0. The highest BCUT2D eigenvalue weighted by atomic mass is 15.2. The van der Waals surface area contributed by atoms with E-state index in [9.17, 15) is 0 Å². The Hall–Kier alpha value is -10.2. The first-order chi connectivity index (χ1) is 40.1. The molecule has 0 spiro atoms. The van der Waals surface area contributed by atoms with Gasteiger partial charge in [0.2, 0.25) is 0 Å². The summed E-state index contributed by atoms with van der Waals surface area (Å²) < 4.78 is 0. The molecule has 12 aromatic rings. The Bertz CT molecular complexity index is 3470. The fraction of sp³-hybridized carbons (Fsp3) is 0.0769. The second-order valence-corrected chi connectivity index (χ2v) is 21.6. The van der Waals surface area contributed by atoms with E-state index in [-0.39, 0.29) is 0 Å².